The van der Waals surface area contributed by atoms with Gasteiger partial charge in [0.15, 0.2) is 0 Å². The highest BCUT2D eigenvalue weighted by Gasteiger charge is 2.35. The minimum absolute atomic E-state index is 0.0837. The summed E-state index contributed by atoms with van der Waals surface area (Å²) in [4.78, 5) is 33.6. The smallest absolute Gasteiger partial charge is 0.270 e. The quantitative estimate of drug-likeness (QED) is 0.884. The second-order valence-corrected chi connectivity index (χ2v) is 8.97. The summed E-state index contributed by atoms with van der Waals surface area (Å²) in [6, 6.07) is 4.13. The molecule has 4 saturated heterocycles. The van der Waals surface area contributed by atoms with Gasteiger partial charge < -0.3 is 15.1 Å². The molecule has 1 N–H and O–H groups in total. The van der Waals surface area contributed by atoms with Crippen LogP contribution in [0.1, 0.15) is 42.6 Å². The number of carbonyl (C=O) groups excluding carboxylic acids is 2. The SMILES string of the molecule is O=C(NC1CN2CCC1CC2)c1cc2sc(N3CCCCC3=O)cc2cn1. The number of rotatable bonds is 3. The summed E-state index contributed by atoms with van der Waals surface area (Å²) in [7, 11) is 0. The monoisotopic (exact) mass is 384 g/mol. The molecule has 4 aliphatic rings. The Bertz CT molecular complexity index is 887. The lowest BCUT2D eigenvalue weighted by Gasteiger charge is -2.44. The zero-order chi connectivity index (χ0) is 18.4. The summed E-state index contributed by atoms with van der Waals surface area (Å²) < 4.78 is 1.01. The van der Waals surface area contributed by atoms with Crippen LogP contribution in [0.15, 0.2) is 18.3 Å². The third-order valence-electron chi connectivity index (χ3n) is 6.18. The van der Waals surface area contributed by atoms with E-state index in [9.17, 15) is 9.59 Å². The number of hydrogen-bond acceptors (Lipinski definition) is 5. The van der Waals surface area contributed by atoms with Gasteiger partial charge in [0.2, 0.25) is 5.91 Å². The van der Waals surface area contributed by atoms with Gasteiger partial charge in [0.05, 0.1) is 5.00 Å². The summed E-state index contributed by atoms with van der Waals surface area (Å²) in [6.45, 7) is 4.06. The van der Waals surface area contributed by atoms with Crippen molar-refractivity contribution < 1.29 is 9.59 Å². The molecule has 4 fully saturated rings. The number of aromatic nitrogens is 1. The van der Waals surface area contributed by atoms with Crippen LogP contribution in [0.4, 0.5) is 5.00 Å². The van der Waals surface area contributed by atoms with Gasteiger partial charge in [0.25, 0.3) is 5.91 Å². The zero-order valence-corrected chi connectivity index (χ0v) is 16.1. The number of nitrogens with one attached hydrogen (secondary N) is 1. The van der Waals surface area contributed by atoms with Crippen LogP contribution < -0.4 is 10.2 Å². The molecule has 27 heavy (non-hydrogen) atoms. The molecule has 2 aromatic heterocycles. The number of amides is 2. The fourth-order valence-electron chi connectivity index (χ4n) is 4.59. The Labute approximate surface area is 162 Å². The number of piperidine rings is 4. The van der Waals surface area contributed by atoms with E-state index < -0.39 is 0 Å². The fraction of sp³-hybridized carbons (Fsp3) is 0.550. The van der Waals surface area contributed by atoms with Gasteiger partial charge in [-0.25, -0.2) is 0 Å². The van der Waals surface area contributed by atoms with Gasteiger partial charge in [-0.15, -0.1) is 11.3 Å². The molecule has 6 heterocycles. The summed E-state index contributed by atoms with van der Waals surface area (Å²) >= 11 is 1.57. The number of carbonyl (C=O) groups is 2. The van der Waals surface area contributed by atoms with E-state index in [1.807, 2.05) is 17.0 Å². The fourth-order valence-corrected chi connectivity index (χ4v) is 5.70. The maximum absolute atomic E-state index is 12.7. The molecule has 2 amide bonds. The van der Waals surface area contributed by atoms with Crippen molar-refractivity contribution in [2.75, 3.05) is 31.1 Å². The number of thiophene rings is 1. The normalized spacial score (nSPS) is 27.9. The Morgan fingerprint density at radius 1 is 1.19 bits per heavy atom. The van der Waals surface area contributed by atoms with Crippen molar-refractivity contribution in [1.82, 2.24) is 15.2 Å². The molecule has 1 atom stereocenters. The Morgan fingerprint density at radius 2 is 2.04 bits per heavy atom. The van der Waals surface area contributed by atoms with Gasteiger partial charge in [-0.05, 0) is 56.8 Å². The van der Waals surface area contributed by atoms with Gasteiger partial charge in [-0.2, -0.15) is 0 Å². The van der Waals surface area contributed by atoms with E-state index in [0.29, 0.717) is 18.0 Å². The van der Waals surface area contributed by atoms with Crippen molar-refractivity contribution in [2.24, 2.45) is 5.92 Å². The zero-order valence-electron chi connectivity index (χ0n) is 15.3. The van der Waals surface area contributed by atoms with Crippen molar-refractivity contribution in [3.63, 3.8) is 0 Å². The molecule has 2 bridgehead atoms. The Morgan fingerprint density at radius 3 is 2.78 bits per heavy atom. The minimum atomic E-state index is -0.0837. The number of fused-ring (bicyclic) bond motifs is 4. The van der Waals surface area contributed by atoms with E-state index in [4.69, 9.17) is 0 Å². The molecule has 6 rings (SSSR count). The lowest BCUT2D eigenvalue weighted by Crippen LogP contribution is -2.57. The van der Waals surface area contributed by atoms with Crippen LogP contribution in [0, 0.1) is 5.92 Å². The van der Waals surface area contributed by atoms with Crippen molar-refractivity contribution in [3.05, 3.63) is 24.0 Å². The predicted octanol–water partition coefficient (Wildman–Crippen LogP) is 2.64. The first kappa shape index (κ1) is 17.1. The second-order valence-electron chi connectivity index (χ2n) is 7.91. The second kappa shape index (κ2) is 6.87. The van der Waals surface area contributed by atoms with Crippen molar-refractivity contribution >= 4 is 38.2 Å². The van der Waals surface area contributed by atoms with Crippen LogP contribution in [0.2, 0.25) is 0 Å². The lowest BCUT2D eigenvalue weighted by molar-refractivity contribution is -0.119. The van der Waals surface area contributed by atoms with E-state index >= 15 is 0 Å². The summed E-state index contributed by atoms with van der Waals surface area (Å²) in [5, 5.41) is 5.16. The molecule has 0 saturated carbocycles. The highest BCUT2D eigenvalue weighted by molar-refractivity contribution is 7.23. The molecule has 6 nitrogen and oxygen atoms in total. The van der Waals surface area contributed by atoms with E-state index in [1.54, 1.807) is 17.5 Å². The molecular weight excluding hydrogens is 360 g/mol. The maximum Gasteiger partial charge on any atom is 0.270 e. The average molecular weight is 385 g/mol. The molecule has 0 radical (unpaired) electrons. The minimum Gasteiger partial charge on any atom is -0.346 e. The highest BCUT2D eigenvalue weighted by atomic mass is 32.1. The van der Waals surface area contributed by atoms with Crippen molar-refractivity contribution in [1.29, 1.82) is 0 Å². The summed E-state index contributed by atoms with van der Waals surface area (Å²) in [5.74, 6) is 0.710. The molecule has 0 spiro atoms. The van der Waals surface area contributed by atoms with Crippen LogP contribution in [0.5, 0.6) is 0 Å². The number of hydrogen-bond donors (Lipinski definition) is 1. The largest absolute Gasteiger partial charge is 0.346 e. The van der Waals surface area contributed by atoms with Gasteiger partial charge in [-0.1, -0.05) is 0 Å². The number of nitrogens with zero attached hydrogens (tertiary/aromatic N) is 3. The van der Waals surface area contributed by atoms with Crippen LogP contribution in [0.25, 0.3) is 10.1 Å². The van der Waals surface area contributed by atoms with Gasteiger partial charge >= 0.3 is 0 Å². The van der Waals surface area contributed by atoms with Crippen LogP contribution >= 0.6 is 11.3 Å². The summed E-state index contributed by atoms with van der Waals surface area (Å²) in [5.41, 5.74) is 0.470. The van der Waals surface area contributed by atoms with Crippen molar-refractivity contribution in [2.45, 2.75) is 38.1 Å². The topological polar surface area (TPSA) is 65.5 Å². The third-order valence-corrected chi connectivity index (χ3v) is 7.30. The first-order chi connectivity index (χ1) is 13.2. The third kappa shape index (κ3) is 3.23. The Hall–Kier alpha value is -1.99. The molecule has 7 heteroatoms. The maximum atomic E-state index is 12.7. The van der Waals surface area contributed by atoms with E-state index in [-0.39, 0.29) is 17.9 Å². The Balaban J connectivity index is 1.34. The Kier molecular flexibility index (Phi) is 4.36. The molecule has 142 valence electrons. The highest BCUT2D eigenvalue weighted by Crippen LogP contribution is 2.34. The summed E-state index contributed by atoms with van der Waals surface area (Å²) in [6.07, 6.45) is 6.76. The van der Waals surface area contributed by atoms with E-state index in [2.05, 4.69) is 15.2 Å². The van der Waals surface area contributed by atoms with Gasteiger partial charge in [0.1, 0.15) is 5.69 Å². The van der Waals surface area contributed by atoms with Gasteiger partial charge in [0, 0.05) is 41.8 Å². The van der Waals surface area contributed by atoms with E-state index in [1.165, 1.54) is 12.8 Å². The first-order valence-electron chi connectivity index (χ1n) is 9.90. The van der Waals surface area contributed by atoms with Gasteiger partial charge in [-0.3, -0.25) is 14.6 Å². The van der Waals surface area contributed by atoms with Crippen molar-refractivity contribution in [3.8, 4) is 0 Å². The molecule has 2 aromatic rings. The lowest BCUT2D eigenvalue weighted by atomic mass is 9.84. The molecular formula is C20H24N4O2S. The molecule has 0 aromatic carbocycles. The predicted molar refractivity (Wildman–Crippen MR) is 106 cm³/mol. The van der Waals surface area contributed by atoms with E-state index in [0.717, 1.165) is 54.1 Å². The standard InChI is InChI=1S/C20H24N4O2S/c25-18-3-1-2-6-24(18)19-9-14-11-21-15(10-17(14)27-19)20(26)22-16-12-23-7-4-13(16)5-8-23/h9-11,13,16H,1-8,12H2,(H,22,26). The van der Waals surface area contributed by atoms with Crippen LogP contribution in [-0.4, -0.2) is 53.9 Å². The van der Waals surface area contributed by atoms with Crippen LogP contribution in [0.3, 0.4) is 0 Å². The molecule has 4 aliphatic heterocycles. The molecule has 1 unspecified atom stereocenters. The van der Waals surface area contributed by atoms with Crippen LogP contribution in [-0.2, 0) is 4.79 Å². The number of pyridine rings is 1. The molecule has 0 aliphatic carbocycles. The average Bonchev–Trinajstić information content (AvgIpc) is 3.12. The number of anilines is 1. The first-order valence-corrected chi connectivity index (χ1v) is 10.7.